The summed E-state index contributed by atoms with van der Waals surface area (Å²) in [5.41, 5.74) is 2.04. The van der Waals surface area contributed by atoms with Crippen LogP contribution in [0.25, 0.3) is 11.8 Å². The molecule has 160 valence electrons. The third-order valence-corrected chi connectivity index (χ3v) is 5.72. The van der Waals surface area contributed by atoms with Crippen LogP contribution in [0.4, 0.5) is 10.5 Å². The maximum Gasteiger partial charge on any atom is 0.335 e. The van der Waals surface area contributed by atoms with Gasteiger partial charge in [0.1, 0.15) is 0 Å². The van der Waals surface area contributed by atoms with Gasteiger partial charge in [-0.25, -0.2) is 4.79 Å². The zero-order chi connectivity index (χ0) is 22.8. The zero-order valence-electron chi connectivity index (χ0n) is 16.4. The number of amides is 2. The van der Waals surface area contributed by atoms with Crippen molar-refractivity contribution in [2.45, 2.75) is 6.54 Å². The molecule has 1 saturated heterocycles. The molecule has 1 aliphatic heterocycles. The maximum atomic E-state index is 12.8. The molecule has 1 fully saturated rings. The van der Waals surface area contributed by atoms with E-state index in [0.717, 1.165) is 16.7 Å². The summed E-state index contributed by atoms with van der Waals surface area (Å²) in [6, 6.07) is 15.5. The van der Waals surface area contributed by atoms with E-state index in [-0.39, 0.29) is 22.7 Å². The van der Waals surface area contributed by atoms with Crippen molar-refractivity contribution in [1.82, 2.24) is 9.47 Å². The molecule has 1 aromatic heterocycles. The minimum atomic E-state index is -1.02. The molecule has 0 saturated carbocycles. The van der Waals surface area contributed by atoms with Crippen LogP contribution in [-0.2, 0) is 11.3 Å². The van der Waals surface area contributed by atoms with Crippen molar-refractivity contribution in [3.8, 4) is 5.69 Å². The van der Waals surface area contributed by atoms with Crippen molar-refractivity contribution >= 4 is 40.6 Å². The van der Waals surface area contributed by atoms with Crippen LogP contribution < -0.4 is 0 Å². The number of carboxylic acid groups (broad SMARTS) is 1. The van der Waals surface area contributed by atoms with Gasteiger partial charge in [-0.05, 0) is 59.8 Å². The SMILES string of the molecule is O=C(O)c1ccc(-n2cccc2/C=C2\SC(=O)N(Cc3ccc([N+](=O)[O-])cc3)C2=O)cc1. The van der Waals surface area contributed by atoms with Crippen molar-refractivity contribution in [1.29, 1.82) is 0 Å². The summed E-state index contributed by atoms with van der Waals surface area (Å²) in [6.45, 7) is 0.0116. The molecular weight excluding hydrogens is 434 g/mol. The lowest BCUT2D eigenvalue weighted by atomic mass is 10.2. The molecule has 3 aromatic rings. The van der Waals surface area contributed by atoms with E-state index < -0.39 is 22.0 Å². The van der Waals surface area contributed by atoms with Crippen LogP contribution in [0.5, 0.6) is 0 Å². The number of carbonyl (C=O) groups excluding carboxylic acids is 2. The van der Waals surface area contributed by atoms with Crippen LogP contribution >= 0.6 is 11.8 Å². The van der Waals surface area contributed by atoms with E-state index in [2.05, 4.69) is 0 Å². The first-order valence-corrected chi connectivity index (χ1v) is 10.1. The smallest absolute Gasteiger partial charge is 0.335 e. The van der Waals surface area contributed by atoms with Crippen molar-refractivity contribution in [2.24, 2.45) is 0 Å². The number of nitro groups is 1. The molecule has 10 heteroatoms. The third kappa shape index (κ3) is 4.16. The van der Waals surface area contributed by atoms with Crippen molar-refractivity contribution in [3.05, 3.63) is 98.7 Å². The number of benzene rings is 2. The molecule has 0 radical (unpaired) electrons. The van der Waals surface area contributed by atoms with Gasteiger partial charge in [0, 0.05) is 29.7 Å². The van der Waals surface area contributed by atoms with E-state index in [1.54, 1.807) is 41.1 Å². The molecule has 32 heavy (non-hydrogen) atoms. The number of carbonyl (C=O) groups is 3. The Morgan fingerprint density at radius 1 is 1.06 bits per heavy atom. The van der Waals surface area contributed by atoms with Gasteiger partial charge in [0.15, 0.2) is 0 Å². The average molecular weight is 449 g/mol. The average Bonchev–Trinajstić information content (AvgIpc) is 3.34. The minimum absolute atomic E-state index is 0.0116. The van der Waals surface area contributed by atoms with Gasteiger partial charge in [0.05, 0.1) is 21.9 Å². The normalized spacial score (nSPS) is 14.9. The van der Waals surface area contributed by atoms with Gasteiger partial charge < -0.3 is 9.67 Å². The predicted octanol–water partition coefficient (Wildman–Crippen LogP) is 4.32. The van der Waals surface area contributed by atoms with Gasteiger partial charge in [0.25, 0.3) is 16.8 Å². The van der Waals surface area contributed by atoms with Crippen LogP contribution in [-0.4, -0.2) is 36.6 Å². The third-order valence-electron chi connectivity index (χ3n) is 4.81. The van der Waals surface area contributed by atoms with Crippen LogP contribution in [0.1, 0.15) is 21.6 Å². The second-order valence-corrected chi connectivity index (χ2v) is 7.84. The molecule has 1 aliphatic rings. The number of imide groups is 1. The lowest BCUT2D eigenvalue weighted by molar-refractivity contribution is -0.384. The number of aromatic nitrogens is 1. The Morgan fingerprint density at radius 3 is 2.38 bits per heavy atom. The second kappa shape index (κ2) is 8.52. The fraction of sp³-hybridized carbons (Fsp3) is 0.0455. The Bertz CT molecular complexity index is 1260. The molecule has 2 heterocycles. The molecule has 2 amide bonds. The number of thioether (sulfide) groups is 1. The molecule has 9 nitrogen and oxygen atoms in total. The van der Waals surface area contributed by atoms with E-state index >= 15 is 0 Å². The lowest BCUT2D eigenvalue weighted by Gasteiger charge is -2.12. The minimum Gasteiger partial charge on any atom is -0.478 e. The highest BCUT2D eigenvalue weighted by Crippen LogP contribution is 2.34. The molecule has 0 unspecified atom stereocenters. The number of non-ortho nitro benzene ring substituents is 1. The van der Waals surface area contributed by atoms with Crippen LogP contribution in [0.2, 0.25) is 0 Å². The molecular formula is C22H15N3O6S. The Balaban J connectivity index is 1.55. The molecule has 2 aromatic carbocycles. The first-order valence-electron chi connectivity index (χ1n) is 9.33. The molecule has 4 rings (SSSR count). The monoisotopic (exact) mass is 449 g/mol. The Morgan fingerprint density at radius 2 is 1.75 bits per heavy atom. The summed E-state index contributed by atoms with van der Waals surface area (Å²) < 4.78 is 1.77. The highest BCUT2D eigenvalue weighted by atomic mass is 32.2. The molecule has 0 aliphatic carbocycles. The Labute approximate surface area is 185 Å². The lowest BCUT2D eigenvalue weighted by Crippen LogP contribution is -2.27. The van der Waals surface area contributed by atoms with Gasteiger partial charge in [0.2, 0.25) is 0 Å². The van der Waals surface area contributed by atoms with Gasteiger partial charge in [-0.2, -0.15) is 0 Å². The first kappa shape index (κ1) is 21.1. The summed E-state index contributed by atoms with van der Waals surface area (Å²) in [6.07, 6.45) is 3.37. The first-order chi connectivity index (χ1) is 15.3. The number of nitrogens with zero attached hydrogens (tertiary/aromatic N) is 3. The van der Waals surface area contributed by atoms with E-state index in [1.165, 1.54) is 36.4 Å². The molecule has 0 bridgehead atoms. The van der Waals surface area contributed by atoms with Crippen LogP contribution in [0.3, 0.4) is 0 Å². The van der Waals surface area contributed by atoms with Crippen molar-refractivity contribution < 1.29 is 24.4 Å². The summed E-state index contributed by atoms with van der Waals surface area (Å²) in [5, 5.41) is 19.4. The highest BCUT2D eigenvalue weighted by molar-refractivity contribution is 8.18. The van der Waals surface area contributed by atoms with Gasteiger partial charge in [-0.15, -0.1) is 0 Å². The zero-order valence-corrected chi connectivity index (χ0v) is 17.2. The second-order valence-electron chi connectivity index (χ2n) is 6.85. The van der Waals surface area contributed by atoms with Crippen molar-refractivity contribution in [3.63, 3.8) is 0 Å². The van der Waals surface area contributed by atoms with Crippen molar-refractivity contribution in [2.75, 3.05) is 0 Å². The maximum absolute atomic E-state index is 12.8. The predicted molar refractivity (Wildman–Crippen MR) is 117 cm³/mol. The molecule has 1 N–H and O–H groups in total. The van der Waals surface area contributed by atoms with Crippen LogP contribution in [0, 0.1) is 10.1 Å². The topological polar surface area (TPSA) is 123 Å². The summed E-state index contributed by atoms with van der Waals surface area (Å²) >= 11 is 0.817. The number of hydrogen-bond acceptors (Lipinski definition) is 6. The molecule has 0 spiro atoms. The number of rotatable bonds is 6. The Hall–Kier alpha value is -4.18. The standard InChI is InChI=1S/C22H15N3O6S/c26-20-19(32-22(29)24(20)13-14-3-7-17(8-4-14)25(30)31)12-18-2-1-11-23(18)16-9-5-15(6-10-16)21(27)28/h1-12H,13H2,(H,27,28)/b19-12-. The quantitative estimate of drug-likeness (QED) is 0.338. The number of aromatic carboxylic acids is 1. The number of carboxylic acids is 1. The number of nitro benzene ring substituents is 1. The van der Waals surface area contributed by atoms with Gasteiger partial charge >= 0.3 is 5.97 Å². The summed E-state index contributed by atoms with van der Waals surface area (Å²) in [5.74, 6) is -1.47. The van der Waals surface area contributed by atoms with E-state index in [4.69, 9.17) is 5.11 Å². The Kier molecular flexibility index (Phi) is 5.61. The van der Waals surface area contributed by atoms with E-state index in [9.17, 15) is 24.5 Å². The van der Waals surface area contributed by atoms with Crippen LogP contribution in [0.15, 0.2) is 71.8 Å². The molecule has 0 atom stereocenters. The van der Waals surface area contributed by atoms with Gasteiger partial charge in [-0.3, -0.25) is 24.6 Å². The van der Waals surface area contributed by atoms with E-state index in [0.29, 0.717) is 16.9 Å². The van der Waals surface area contributed by atoms with E-state index in [1.807, 2.05) is 0 Å². The number of hydrogen-bond donors (Lipinski definition) is 1. The fourth-order valence-electron chi connectivity index (χ4n) is 3.19. The summed E-state index contributed by atoms with van der Waals surface area (Å²) in [7, 11) is 0. The fourth-order valence-corrected chi connectivity index (χ4v) is 4.01. The largest absolute Gasteiger partial charge is 0.478 e. The van der Waals surface area contributed by atoms with Gasteiger partial charge in [-0.1, -0.05) is 12.1 Å². The highest BCUT2D eigenvalue weighted by Gasteiger charge is 2.35. The summed E-state index contributed by atoms with van der Waals surface area (Å²) in [4.78, 5) is 47.9.